The fourth-order valence-electron chi connectivity index (χ4n) is 2.11. The Hall–Kier alpha value is -2.47. The van der Waals surface area contributed by atoms with Crippen LogP contribution >= 0.6 is 11.3 Å². The van der Waals surface area contributed by atoms with Crippen LogP contribution in [0.25, 0.3) is 0 Å². The van der Waals surface area contributed by atoms with Crippen LogP contribution < -0.4 is 4.90 Å². The van der Waals surface area contributed by atoms with Gasteiger partial charge in [-0.3, -0.25) is 14.4 Å². The second-order valence-electron chi connectivity index (χ2n) is 4.83. The number of aryl methyl sites for hydroxylation is 2. The predicted molar refractivity (Wildman–Crippen MR) is 87.7 cm³/mol. The average Bonchev–Trinajstić information content (AvgIpc) is 3.18. The Bertz CT molecular complexity index is 778. The van der Waals surface area contributed by atoms with Gasteiger partial charge in [0.25, 0.3) is 5.91 Å². The van der Waals surface area contributed by atoms with E-state index in [0.29, 0.717) is 10.7 Å². The van der Waals surface area contributed by atoms with Gasteiger partial charge >= 0.3 is 0 Å². The minimum Gasteiger partial charge on any atom is -0.272 e. The summed E-state index contributed by atoms with van der Waals surface area (Å²) in [5.41, 5.74) is 2.25. The number of thiazole rings is 1. The summed E-state index contributed by atoms with van der Waals surface area (Å²) in [4.78, 5) is 19.0. The van der Waals surface area contributed by atoms with E-state index >= 15 is 0 Å². The van der Waals surface area contributed by atoms with Crippen LogP contribution in [-0.4, -0.2) is 20.7 Å². The van der Waals surface area contributed by atoms with Crippen molar-refractivity contribution < 1.29 is 4.79 Å². The molecule has 0 aliphatic heterocycles. The molecule has 3 aromatic rings. The summed E-state index contributed by atoms with van der Waals surface area (Å²) in [5, 5.41) is 6.79. The van der Waals surface area contributed by atoms with Crippen molar-refractivity contribution in [2.45, 2.75) is 20.4 Å². The lowest BCUT2D eigenvalue weighted by molar-refractivity contribution is 0.0999. The molecule has 0 unspecified atom stereocenters. The molecule has 0 atom stereocenters. The summed E-state index contributed by atoms with van der Waals surface area (Å²) in [6.07, 6.45) is 3.36. The first kappa shape index (κ1) is 14.5. The maximum absolute atomic E-state index is 12.9. The highest BCUT2D eigenvalue weighted by Gasteiger charge is 2.23. The van der Waals surface area contributed by atoms with E-state index in [4.69, 9.17) is 0 Å². The standard InChI is InChI=1S/C16H16N4OS/c1-3-19-10-13(9-17-19)15(21)20(14-7-5-4-6-8-14)16-18-12(2)11-22-16/h4-11H,3H2,1-2H3. The lowest BCUT2D eigenvalue weighted by Gasteiger charge is -2.19. The molecule has 112 valence electrons. The maximum Gasteiger partial charge on any atom is 0.267 e. The highest BCUT2D eigenvalue weighted by molar-refractivity contribution is 7.14. The van der Waals surface area contributed by atoms with E-state index in [0.717, 1.165) is 17.9 Å². The number of amides is 1. The Morgan fingerprint density at radius 3 is 2.68 bits per heavy atom. The number of anilines is 2. The van der Waals surface area contributed by atoms with Crippen molar-refractivity contribution in [2.24, 2.45) is 0 Å². The Labute approximate surface area is 132 Å². The van der Waals surface area contributed by atoms with Crippen molar-refractivity contribution >= 4 is 28.1 Å². The van der Waals surface area contributed by atoms with Gasteiger partial charge in [0.15, 0.2) is 5.13 Å². The molecule has 0 aliphatic carbocycles. The molecule has 0 aliphatic rings. The van der Waals surface area contributed by atoms with Crippen LogP contribution in [0.5, 0.6) is 0 Å². The minimum absolute atomic E-state index is 0.125. The van der Waals surface area contributed by atoms with Crippen LogP contribution in [0.2, 0.25) is 0 Å². The lowest BCUT2D eigenvalue weighted by Crippen LogP contribution is -2.25. The molecule has 22 heavy (non-hydrogen) atoms. The van der Waals surface area contributed by atoms with Crippen LogP contribution in [0.15, 0.2) is 48.1 Å². The van der Waals surface area contributed by atoms with Crippen molar-refractivity contribution in [3.05, 3.63) is 59.4 Å². The molecule has 0 fully saturated rings. The maximum atomic E-state index is 12.9. The minimum atomic E-state index is -0.125. The van der Waals surface area contributed by atoms with Gasteiger partial charge in [0.2, 0.25) is 0 Å². The van der Waals surface area contributed by atoms with Gasteiger partial charge in [-0.1, -0.05) is 18.2 Å². The zero-order valence-corrected chi connectivity index (χ0v) is 13.2. The number of aromatic nitrogens is 3. The number of para-hydroxylation sites is 1. The molecule has 3 rings (SSSR count). The first-order valence-electron chi connectivity index (χ1n) is 7.03. The van der Waals surface area contributed by atoms with Crippen molar-refractivity contribution in [1.29, 1.82) is 0 Å². The molecule has 6 heteroatoms. The molecular weight excluding hydrogens is 296 g/mol. The van der Waals surface area contributed by atoms with E-state index < -0.39 is 0 Å². The number of hydrogen-bond acceptors (Lipinski definition) is 4. The van der Waals surface area contributed by atoms with Gasteiger partial charge in [-0.2, -0.15) is 5.10 Å². The van der Waals surface area contributed by atoms with E-state index in [2.05, 4.69) is 10.1 Å². The van der Waals surface area contributed by atoms with Gasteiger partial charge in [-0.15, -0.1) is 11.3 Å². The first-order valence-corrected chi connectivity index (χ1v) is 7.91. The zero-order valence-electron chi connectivity index (χ0n) is 12.4. The Morgan fingerprint density at radius 2 is 2.09 bits per heavy atom. The first-order chi connectivity index (χ1) is 10.7. The molecule has 0 bridgehead atoms. The SMILES string of the molecule is CCn1cc(C(=O)N(c2ccccc2)c2nc(C)cs2)cn1. The number of nitrogens with zero attached hydrogens (tertiary/aromatic N) is 4. The molecule has 0 radical (unpaired) electrons. The highest BCUT2D eigenvalue weighted by Crippen LogP contribution is 2.30. The fraction of sp³-hybridized carbons (Fsp3) is 0.188. The van der Waals surface area contributed by atoms with E-state index in [1.165, 1.54) is 11.3 Å². The smallest absolute Gasteiger partial charge is 0.267 e. The normalized spacial score (nSPS) is 10.6. The van der Waals surface area contributed by atoms with Gasteiger partial charge in [0, 0.05) is 18.1 Å². The van der Waals surface area contributed by atoms with E-state index in [1.54, 1.807) is 22.0 Å². The van der Waals surface area contributed by atoms with Crippen molar-refractivity contribution in [3.63, 3.8) is 0 Å². The van der Waals surface area contributed by atoms with Crippen molar-refractivity contribution in [3.8, 4) is 0 Å². The van der Waals surface area contributed by atoms with Gasteiger partial charge in [-0.05, 0) is 26.0 Å². The van der Waals surface area contributed by atoms with Gasteiger partial charge in [0.1, 0.15) is 0 Å². The summed E-state index contributed by atoms with van der Waals surface area (Å²) in [6.45, 7) is 4.64. The number of hydrogen-bond donors (Lipinski definition) is 0. The highest BCUT2D eigenvalue weighted by atomic mass is 32.1. The van der Waals surface area contributed by atoms with E-state index in [-0.39, 0.29) is 5.91 Å². The van der Waals surface area contributed by atoms with Crippen LogP contribution in [-0.2, 0) is 6.54 Å². The molecule has 2 aromatic heterocycles. The molecular formula is C16H16N4OS. The molecule has 1 amide bonds. The van der Waals surface area contributed by atoms with Gasteiger partial charge < -0.3 is 0 Å². The van der Waals surface area contributed by atoms with Crippen LogP contribution in [0.4, 0.5) is 10.8 Å². The van der Waals surface area contributed by atoms with Gasteiger partial charge in [-0.25, -0.2) is 4.98 Å². The van der Waals surface area contributed by atoms with Crippen molar-refractivity contribution in [1.82, 2.24) is 14.8 Å². The summed E-state index contributed by atoms with van der Waals surface area (Å²) < 4.78 is 1.74. The third kappa shape index (κ3) is 2.78. The topological polar surface area (TPSA) is 51.0 Å². The number of carbonyl (C=O) groups is 1. The Kier molecular flexibility index (Phi) is 4.02. The van der Waals surface area contributed by atoms with Gasteiger partial charge in [0.05, 0.1) is 23.1 Å². The largest absolute Gasteiger partial charge is 0.272 e. The van der Waals surface area contributed by atoms with Crippen molar-refractivity contribution in [2.75, 3.05) is 4.90 Å². The second-order valence-corrected chi connectivity index (χ2v) is 5.67. The van der Waals surface area contributed by atoms with E-state index in [9.17, 15) is 4.79 Å². The fourth-order valence-corrected chi connectivity index (χ4v) is 2.93. The van der Waals surface area contributed by atoms with Crippen LogP contribution in [0.3, 0.4) is 0 Å². The Morgan fingerprint density at radius 1 is 1.32 bits per heavy atom. The quantitative estimate of drug-likeness (QED) is 0.739. The summed E-state index contributed by atoms with van der Waals surface area (Å²) in [7, 11) is 0. The molecule has 5 nitrogen and oxygen atoms in total. The monoisotopic (exact) mass is 312 g/mol. The molecule has 0 saturated carbocycles. The second kappa shape index (κ2) is 6.11. The lowest BCUT2D eigenvalue weighted by atomic mass is 10.2. The number of carbonyl (C=O) groups excluding carboxylic acids is 1. The number of rotatable bonds is 4. The molecule has 0 saturated heterocycles. The summed E-state index contributed by atoms with van der Waals surface area (Å²) >= 11 is 1.45. The van der Waals surface area contributed by atoms with Crippen LogP contribution in [0, 0.1) is 6.92 Å². The zero-order chi connectivity index (χ0) is 15.5. The summed E-state index contributed by atoms with van der Waals surface area (Å²) in [6, 6.07) is 9.54. The molecule has 1 aromatic carbocycles. The molecule has 0 spiro atoms. The molecule has 0 N–H and O–H groups in total. The Balaban J connectivity index is 2.03. The predicted octanol–water partition coefficient (Wildman–Crippen LogP) is 3.65. The average molecular weight is 312 g/mol. The van der Waals surface area contributed by atoms with Crippen LogP contribution in [0.1, 0.15) is 23.0 Å². The van der Waals surface area contributed by atoms with E-state index in [1.807, 2.05) is 49.6 Å². The third-order valence-electron chi connectivity index (χ3n) is 3.22. The molecule has 2 heterocycles. The third-order valence-corrected chi connectivity index (χ3v) is 4.16. The summed E-state index contributed by atoms with van der Waals surface area (Å²) in [5.74, 6) is -0.125. The number of benzene rings is 1.